The molecule has 0 aromatic heterocycles. The minimum atomic E-state index is -4.04. The molecule has 0 unspecified atom stereocenters. The number of benzene rings is 2. The van der Waals surface area contributed by atoms with Crippen LogP contribution in [-0.2, 0) is 10.0 Å². The van der Waals surface area contributed by atoms with Crippen LogP contribution in [0.1, 0.15) is 5.56 Å². The Hall–Kier alpha value is -2.36. The van der Waals surface area contributed by atoms with E-state index in [2.05, 4.69) is 14.5 Å². The Morgan fingerprint density at radius 3 is 2.43 bits per heavy atom. The first kappa shape index (κ1) is 20.4. The van der Waals surface area contributed by atoms with Gasteiger partial charge in [-0.3, -0.25) is 14.8 Å². The molecular formula is C18H21ClN4O4S. The smallest absolute Gasteiger partial charge is 0.270 e. The second-order valence-corrected chi connectivity index (χ2v) is 8.85. The lowest BCUT2D eigenvalue weighted by Crippen LogP contribution is -2.44. The Morgan fingerprint density at radius 2 is 1.79 bits per heavy atom. The first-order valence-corrected chi connectivity index (χ1v) is 10.5. The first-order valence-electron chi connectivity index (χ1n) is 8.68. The molecule has 0 aliphatic carbocycles. The van der Waals surface area contributed by atoms with Crippen molar-refractivity contribution in [3.05, 3.63) is 57.1 Å². The summed E-state index contributed by atoms with van der Waals surface area (Å²) in [4.78, 5) is 14.6. The van der Waals surface area contributed by atoms with Gasteiger partial charge in [-0.1, -0.05) is 17.7 Å². The van der Waals surface area contributed by atoms with Crippen molar-refractivity contribution in [1.82, 2.24) is 4.90 Å². The SMILES string of the molecule is Cc1ccc([N+](=O)[O-])cc1S(=O)(=O)Nc1cc(Cl)ccc1N1CCN(C)CC1. The lowest BCUT2D eigenvalue weighted by atomic mass is 10.2. The van der Waals surface area contributed by atoms with Gasteiger partial charge in [0.15, 0.2) is 0 Å². The van der Waals surface area contributed by atoms with Gasteiger partial charge >= 0.3 is 0 Å². The number of halogens is 1. The third kappa shape index (κ3) is 4.37. The summed E-state index contributed by atoms with van der Waals surface area (Å²) < 4.78 is 28.6. The van der Waals surface area contributed by atoms with Crippen molar-refractivity contribution < 1.29 is 13.3 Å². The van der Waals surface area contributed by atoms with E-state index in [9.17, 15) is 18.5 Å². The zero-order valence-corrected chi connectivity index (χ0v) is 17.1. The number of hydrogen-bond donors (Lipinski definition) is 1. The Bertz CT molecular complexity index is 1000. The molecule has 2 aromatic carbocycles. The molecule has 1 heterocycles. The van der Waals surface area contributed by atoms with E-state index in [4.69, 9.17) is 11.6 Å². The number of non-ortho nitro benzene ring substituents is 1. The fourth-order valence-corrected chi connectivity index (χ4v) is 4.61. The van der Waals surface area contributed by atoms with Gasteiger partial charge in [-0.25, -0.2) is 8.42 Å². The summed E-state index contributed by atoms with van der Waals surface area (Å²) in [6, 6.07) is 8.82. The highest BCUT2D eigenvalue weighted by Crippen LogP contribution is 2.33. The van der Waals surface area contributed by atoms with Crippen LogP contribution < -0.4 is 9.62 Å². The maximum atomic E-state index is 13.0. The van der Waals surface area contributed by atoms with Gasteiger partial charge in [0, 0.05) is 43.3 Å². The average Bonchev–Trinajstić information content (AvgIpc) is 2.62. The van der Waals surface area contributed by atoms with Crippen LogP contribution in [0, 0.1) is 17.0 Å². The largest absolute Gasteiger partial charge is 0.367 e. The van der Waals surface area contributed by atoms with Crippen molar-refractivity contribution in [2.75, 3.05) is 42.8 Å². The molecule has 10 heteroatoms. The van der Waals surface area contributed by atoms with E-state index in [1.807, 2.05) is 7.05 Å². The molecule has 0 saturated carbocycles. The lowest BCUT2D eigenvalue weighted by molar-refractivity contribution is -0.385. The standard InChI is InChI=1S/C18H21ClN4O4S/c1-13-3-5-15(23(24)25)12-18(13)28(26,27)20-16-11-14(19)4-6-17(16)22-9-7-21(2)8-10-22/h3-6,11-12,20H,7-10H2,1-2H3. The molecule has 1 fully saturated rings. The van der Waals surface area contributed by atoms with Gasteiger partial charge < -0.3 is 9.80 Å². The van der Waals surface area contributed by atoms with E-state index < -0.39 is 14.9 Å². The number of nitro benzene ring substituents is 1. The number of piperazine rings is 1. The van der Waals surface area contributed by atoms with Crippen molar-refractivity contribution >= 4 is 38.7 Å². The highest BCUT2D eigenvalue weighted by Gasteiger charge is 2.24. The zero-order chi connectivity index (χ0) is 20.5. The van der Waals surface area contributed by atoms with E-state index in [0.29, 0.717) is 16.3 Å². The fraction of sp³-hybridized carbons (Fsp3) is 0.333. The quantitative estimate of drug-likeness (QED) is 0.585. The summed E-state index contributed by atoms with van der Waals surface area (Å²) in [5, 5.41) is 11.4. The molecule has 1 aliphatic heterocycles. The summed E-state index contributed by atoms with van der Waals surface area (Å²) in [7, 11) is -2.00. The number of sulfonamides is 1. The minimum Gasteiger partial charge on any atom is -0.367 e. The van der Waals surface area contributed by atoms with E-state index in [1.165, 1.54) is 12.1 Å². The summed E-state index contributed by atoms with van der Waals surface area (Å²) in [5.41, 5.74) is 1.21. The van der Waals surface area contributed by atoms with Crippen molar-refractivity contribution in [3.8, 4) is 0 Å². The molecule has 1 aliphatic rings. The molecule has 0 bridgehead atoms. The molecule has 3 rings (SSSR count). The van der Waals surface area contributed by atoms with Crippen LogP contribution in [0.15, 0.2) is 41.3 Å². The number of likely N-dealkylation sites (N-methyl/N-ethyl adjacent to an activating group) is 1. The highest BCUT2D eigenvalue weighted by atomic mass is 35.5. The van der Waals surface area contributed by atoms with E-state index >= 15 is 0 Å². The second kappa shape index (κ2) is 7.94. The number of nitrogens with one attached hydrogen (secondary N) is 1. The number of aryl methyl sites for hydroxylation is 1. The number of nitrogens with zero attached hydrogens (tertiary/aromatic N) is 3. The Balaban J connectivity index is 1.98. The molecule has 28 heavy (non-hydrogen) atoms. The van der Waals surface area contributed by atoms with Crippen LogP contribution in [0.25, 0.3) is 0 Å². The summed E-state index contributed by atoms with van der Waals surface area (Å²) >= 11 is 6.10. The molecule has 8 nitrogen and oxygen atoms in total. The molecule has 0 spiro atoms. The minimum absolute atomic E-state index is 0.133. The van der Waals surface area contributed by atoms with Crippen LogP contribution in [0.5, 0.6) is 0 Å². The molecule has 150 valence electrons. The van der Waals surface area contributed by atoms with E-state index in [0.717, 1.165) is 37.9 Å². The van der Waals surface area contributed by atoms with Crippen molar-refractivity contribution in [2.24, 2.45) is 0 Å². The predicted octanol–water partition coefficient (Wildman–Crippen LogP) is 3.11. The van der Waals surface area contributed by atoms with Gasteiger partial charge in [0.1, 0.15) is 0 Å². The van der Waals surface area contributed by atoms with Gasteiger partial charge in [0.25, 0.3) is 15.7 Å². The van der Waals surface area contributed by atoms with Gasteiger partial charge in [-0.05, 0) is 37.7 Å². The Kier molecular flexibility index (Phi) is 5.78. The Morgan fingerprint density at radius 1 is 1.11 bits per heavy atom. The number of anilines is 2. The zero-order valence-electron chi connectivity index (χ0n) is 15.6. The number of hydrogen-bond acceptors (Lipinski definition) is 6. The molecule has 1 N–H and O–H groups in total. The third-order valence-electron chi connectivity index (χ3n) is 4.72. The molecule has 0 amide bonds. The van der Waals surface area contributed by atoms with Crippen molar-refractivity contribution in [1.29, 1.82) is 0 Å². The molecule has 0 atom stereocenters. The average molecular weight is 425 g/mol. The fourth-order valence-electron chi connectivity index (χ4n) is 3.10. The van der Waals surface area contributed by atoms with Crippen LogP contribution >= 0.6 is 11.6 Å². The van der Waals surface area contributed by atoms with Gasteiger partial charge in [0.2, 0.25) is 0 Å². The molecule has 0 radical (unpaired) electrons. The van der Waals surface area contributed by atoms with Gasteiger partial charge in [-0.15, -0.1) is 0 Å². The maximum Gasteiger partial charge on any atom is 0.270 e. The molecule has 1 saturated heterocycles. The van der Waals surface area contributed by atoms with Crippen molar-refractivity contribution in [3.63, 3.8) is 0 Å². The van der Waals surface area contributed by atoms with Crippen molar-refractivity contribution in [2.45, 2.75) is 11.8 Å². The third-order valence-corrected chi connectivity index (χ3v) is 6.46. The predicted molar refractivity (Wildman–Crippen MR) is 110 cm³/mol. The summed E-state index contributed by atoms with van der Waals surface area (Å²) in [6.07, 6.45) is 0. The topological polar surface area (TPSA) is 95.8 Å². The van der Waals surface area contributed by atoms with Crippen LogP contribution in [-0.4, -0.2) is 51.5 Å². The Labute approximate surface area is 168 Å². The number of nitro groups is 1. The van der Waals surface area contributed by atoms with Crippen LogP contribution in [0.4, 0.5) is 17.1 Å². The summed E-state index contributed by atoms with van der Waals surface area (Å²) in [6.45, 7) is 4.82. The molecular weight excluding hydrogens is 404 g/mol. The normalized spacial score (nSPS) is 15.5. The second-order valence-electron chi connectivity index (χ2n) is 6.76. The van der Waals surface area contributed by atoms with Gasteiger partial charge in [0.05, 0.1) is 21.2 Å². The van der Waals surface area contributed by atoms with E-state index in [1.54, 1.807) is 25.1 Å². The highest BCUT2D eigenvalue weighted by molar-refractivity contribution is 7.92. The van der Waals surface area contributed by atoms with Gasteiger partial charge in [-0.2, -0.15) is 0 Å². The molecule has 2 aromatic rings. The first-order chi connectivity index (χ1) is 13.2. The van der Waals surface area contributed by atoms with Crippen LogP contribution in [0.2, 0.25) is 5.02 Å². The lowest BCUT2D eigenvalue weighted by Gasteiger charge is -2.35. The van der Waals surface area contributed by atoms with Crippen LogP contribution in [0.3, 0.4) is 0 Å². The number of rotatable bonds is 5. The monoisotopic (exact) mass is 424 g/mol. The maximum absolute atomic E-state index is 13.0. The van der Waals surface area contributed by atoms with E-state index in [-0.39, 0.29) is 10.6 Å². The summed E-state index contributed by atoms with van der Waals surface area (Å²) in [5.74, 6) is 0.